The van der Waals surface area contributed by atoms with Gasteiger partial charge in [0.2, 0.25) is 5.89 Å². The van der Waals surface area contributed by atoms with Crippen LogP contribution in [0.25, 0.3) is 0 Å². The molecule has 0 aromatic carbocycles. The summed E-state index contributed by atoms with van der Waals surface area (Å²) in [6.45, 7) is 2.58. The average molecular weight is 250 g/mol. The minimum atomic E-state index is -0.0246. The molecule has 0 radical (unpaired) electrons. The van der Waals surface area contributed by atoms with Gasteiger partial charge in [0.25, 0.3) is 0 Å². The van der Waals surface area contributed by atoms with Gasteiger partial charge in [-0.2, -0.15) is 4.98 Å². The number of rotatable bonds is 4. The standard InChI is InChI=1S/C11H14N4OS/c1-7-13-8(5-17-7)4-9-14-10(16-15-9)11(6-12)2-3-11/h5H,2-4,6,12H2,1H3. The van der Waals surface area contributed by atoms with Crippen LogP contribution < -0.4 is 5.73 Å². The van der Waals surface area contributed by atoms with Gasteiger partial charge >= 0.3 is 0 Å². The lowest BCUT2D eigenvalue weighted by Gasteiger charge is -2.03. The lowest BCUT2D eigenvalue weighted by Crippen LogP contribution is -2.20. The van der Waals surface area contributed by atoms with Gasteiger partial charge in [0.05, 0.1) is 22.5 Å². The van der Waals surface area contributed by atoms with Gasteiger partial charge in [-0.1, -0.05) is 5.16 Å². The molecule has 0 atom stereocenters. The highest BCUT2D eigenvalue weighted by molar-refractivity contribution is 7.09. The van der Waals surface area contributed by atoms with Gasteiger partial charge in [-0.3, -0.25) is 0 Å². The first-order valence-electron chi connectivity index (χ1n) is 5.66. The van der Waals surface area contributed by atoms with Crippen LogP contribution in [0, 0.1) is 6.92 Å². The Labute approximate surface area is 103 Å². The van der Waals surface area contributed by atoms with Gasteiger partial charge < -0.3 is 10.3 Å². The van der Waals surface area contributed by atoms with Gasteiger partial charge in [0.1, 0.15) is 0 Å². The minimum Gasteiger partial charge on any atom is -0.339 e. The van der Waals surface area contributed by atoms with E-state index in [0.29, 0.717) is 24.7 Å². The summed E-state index contributed by atoms with van der Waals surface area (Å²) in [6.07, 6.45) is 2.75. The normalized spacial score (nSPS) is 17.3. The van der Waals surface area contributed by atoms with E-state index in [0.717, 1.165) is 23.5 Å². The smallest absolute Gasteiger partial charge is 0.234 e. The molecule has 1 fully saturated rings. The number of aryl methyl sites for hydroxylation is 1. The third-order valence-electron chi connectivity index (χ3n) is 3.17. The first-order chi connectivity index (χ1) is 8.22. The van der Waals surface area contributed by atoms with E-state index in [1.54, 1.807) is 11.3 Å². The van der Waals surface area contributed by atoms with E-state index in [1.165, 1.54) is 0 Å². The van der Waals surface area contributed by atoms with E-state index in [2.05, 4.69) is 15.1 Å². The second-order valence-electron chi connectivity index (χ2n) is 4.53. The number of nitrogens with two attached hydrogens (primary N) is 1. The van der Waals surface area contributed by atoms with Crippen LogP contribution in [-0.4, -0.2) is 21.7 Å². The fraction of sp³-hybridized carbons (Fsp3) is 0.545. The lowest BCUT2D eigenvalue weighted by molar-refractivity contribution is 0.344. The summed E-state index contributed by atoms with van der Waals surface area (Å²) in [6, 6.07) is 0. The van der Waals surface area contributed by atoms with Crippen molar-refractivity contribution >= 4 is 11.3 Å². The molecule has 2 N–H and O–H groups in total. The highest BCUT2D eigenvalue weighted by atomic mass is 32.1. The average Bonchev–Trinajstić information content (AvgIpc) is 2.81. The Balaban J connectivity index is 1.77. The van der Waals surface area contributed by atoms with E-state index in [-0.39, 0.29) is 5.41 Å². The molecule has 6 heteroatoms. The lowest BCUT2D eigenvalue weighted by atomic mass is 10.1. The molecular weight excluding hydrogens is 236 g/mol. The van der Waals surface area contributed by atoms with Crippen molar-refractivity contribution in [3.8, 4) is 0 Å². The molecule has 0 aliphatic heterocycles. The molecule has 3 rings (SSSR count). The SMILES string of the molecule is Cc1nc(Cc2noc(C3(CN)CC3)n2)cs1. The molecule has 1 saturated carbocycles. The number of nitrogens with zero attached hydrogens (tertiary/aromatic N) is 3. The van der Waals surface area contributed by atoms with E-state index >= 15 is 0 Å². The van der Waals surface area contributed by atoms with Crippen LogP contribution >= 0.6 is 11.3 Å². The molecule has 2 heterocycles. The number of hydrogen-bond donors (Lipinski definition) is 1. The van der Waals surface area contributed by atoms with Crippen molar-refractivity contribution in [1.82, 2.24) is 15.1 Å². The second kappa shape index (κ2) is 3.89. The fourth-order valence-corrected chi connectivity index (χ4v) is 2.46. The molecule has 1 aliphatic rings. The van der Waals surface area contributed by atoms with Gasteiger partial charge in [0.15, 0.2) is 5.82 Å². The number of thiazole rings is 1. The molecule has 90 valence electrons. The topological polar surface area (TPSA) is 77.8 Å². The van der Waals surface area contributed by atoms with Gasteiger partial charge in [-0.25, -0.2) is 4.98 Å². The molecule has 0 saturated heterocycles. The second-order valence-corrected chi connectivity index (χ2v) is 5.60. The molecule has 0 spiro atoms. The molecule has 2 aromatic rings. The van der Waals surface area contributed by atoms with Gasteiger partial charge in [0, 0.05) is 11.9 Å². The van der Waals surface area contributed by atoms with E-state index < -0.39 is 0 Å². The maximum atomic E-state index is 5.73. The van der Waals surface area contributed by atoms with Crippen molar-refractivity contribution in [2.75, 3.05) is 6.54 Å². The summed E-state index contributed by atoms with van der Waals surface area (Å²) < 4.78 is 5.30. The van der Waals surface area contributed by atoms with Crippen molar-refractivity contribution in [2.45, 2.75) is 31.6 Å². The van der Waals surface area contributed by atoms with Crippen molar-refractivity contribution in [1.29, 1.82) is 0 Å². The predicted molar refractivity (Wildman–Crippen MR) is 63.9 cm³/mol. The summed E-state index contributed by atoms with van der Waals surface area (Å²) >= 11 is 1.64. The molecule has 0 bridgehead atoms. The maximum absolute atomic E-state index is 5.73. The Hall–Kier alpha value is -1.27. The van der Waals surface area contributed by atoms with Crippen LogP contribution in [-0.2, 0) is 11.8 Å². The zero-order chi connectivity index (χ0) is 11.9. The third kappa shape index (κ3) is 1.98. The van der Waals surface area contributed by atoms with Crippen LogP contribution in [0.15, 0.2) is 9.90 Å². The van der Waals surface area contributed by atoms with E-state index in [4.69, 9.17) is 10.3 Å². The maximum Gasteiger partial charge on any atom is 0.234 e. The largest absolute Gasteiger partial charge is 0.339 e. The quantitative estimate of drug-likeness (QED) is 0.887. The number of hydrogen-bond acceptors (Lipinski definition) is 6. The highest BCUT2D eigenvalue weighted by Gasteiger charge is 2.48. The van der Waals surface area contributed by atoms with Crippen molar-refractivity contribution in [3.63, 3.8) is 0 Å². The predicted octanol–water partition coefficient (Wildman–Crippen LogP) is 1.42. The molecular formula is C11H14N4OS. The molecule has 17 heavy (non-hydrogen) atoms. The molecule has 1 aliphatic carbocycles. The van der Waals surface area contributed by atoms with Crippen molar-refractivity contribution in [3.05, 3.63) is 27.8 Å². The van der Waals surface area contributed by atoms with Crippen LogP contribution in [0.3, 0.4) is 0 Å². The van der Waals surface area contributed by atoms with Gasteiger partial charge in [-0.15, -0.1) is 11.3 Å². The van der Waals surface area contributed by atoms with E-state index in [9.17, 15) is 0 Å². The summed E-state index contributed by atoms with van der Waals surface area (Å²) in [7, 11) is 0. The summed E-state index contributed by atoms with van der Waals surface area (Å²) in [5.41, 5.74) is 6.70. The van der Waals surface area contributed by atoms with E-state index in [1.807, 2.05) is 12.3 Å². The van der Waals surface area contributed by atoms with Crippen LogP contribution in [0.5, 0.6) is 0 Å². The fourth-order valence-electron chi connectivity index (χ4n) is 1.85. The molecule has 0 amide bonds. The van der Waals surface area contributed by atoms with Crippen LogP contribution in [0.1, 0.15) is 35.3 Å². The molecule has 0 unspecified atom stereocenters. The summed E-state index contributed by atoms with van der Waals surface area (Å²) in [5.74, 6) is 1.40. The minimum absolute atomic E-state index is 0.0246. The Morgan fingerprint density at radius 2 is 2.29 bits per heavy atom. The Bertz CT molecular complexity index is 529. The molecule has 5 nitrogen and oxygen atoms in total. The first-order valence-corrected chi connectivity index (χ1v) is 6.54. The Morgan fingerprint density at radius 3 is 2.88 bits per heavy atom. The first kappa shape index (κ1) is 10.9. The third-order valence-corrected chi connectivity index (χ3v) is 3.99. The summed E-state index contributed by atoms with van der Waals surface area (Å²) in [4.78, 5) is 8.81. The summed E-state index contributed by atoms with van der Waals surface area (Å²) in [5, 5.41) is 7.09. The molecule has 2 aromatic heterocycles. The Kier molecular flexibility index (Phi) is 2.48. The van der Waals surface area contributed by atoms with Crippen LogP contribution in [0.4, 0.5) is 0 Å². The monoisotopic (exact) mass is 250 g/mol. The van der Waals surface area contributed by atoms with Crippen molar-refractivity contribution in [2.24, 2.45) is 5.73 Å². The zero-order valence-corrected chi connectivity index (χ0v) is 10.5. The van der Waals surface area contributed by atoms with Crippen LogP contribution in [0.2, 0.25) is 0 Å². The zero-order valence-electron chi connectivity index (χ0n) is 9.64. The Morgan fingerprint density at radius 1 is 1.47 bits per heavy atom. The van der Waals surface area contributed by atoms with Crippen molar-refractivity contribution < 1.29 is 4.52 Å². The number of aromatic nitrogens is 3. The highest BCUT2D eigenvalue weighted by Crippen LogP contribution is 2.46. The van der Waals surface area contributed by atoms with Gasteiger partial charge in [-0.05, 0) is 19.8 Å².